The molecular weight excluding hydrogens is 424 g/mol. The Balaban J connectivity index is 2.47. The summed E-state index contributed by atoms with van der Waals surface area (Å²) < 4.78 is 35.4. The largest absolute Gasteiger partial charge is 0.490 e. The molecule has 0 spiro atoms. The van der Waals surface area contributed by atoms with E-state index in [1.807, 2.05) is 0 Å². The van der Waals surface area contributed by atoms with Gasteiger partial charge in [0.2, 0.25) is 0 Å². The SMILES string of the molecule is CCOc1cc(C(=O)O)cc(Br)c1OS(=O)(=O)c1ccc(Cl)cc1. The van der Waals surface area contributed by atoms with E-state index < -0.39 is 16.1 Å². The topological polar surface area (TPSA) is 89.9 Å². The molecule has 1 N–H and O–H groups in total. The van der Waals surface area contributed by atoms with Gasteiger partial charge in [0.15, 0.2) is 11.5 Å². The summed E-state index contributed by atoms with van der Waals surface area (Å²) in [4.78, 5) is 11.0. The van der Waals surface area contributed by atoms with E-state index in [-0.39, 0.29) is 33.0 Å². The summed E-state index contributed by atoms with van der Waals surface area (Å²) in [5, 5.41) is 9.47. The van der Waals surface area contributed by atoms with Gasteiger partial charge >= 0.3 is 16.1 Å². The van der Waals surface area contributed by atoms with Gasteiger partial charge in [-0.25, -0.2) is 4.79 Å². The highest BCUT2D eigenvalue weighted by Gasteiger charge is 2.23. The maximum absolute atomic E-state index is 12.4. The van der Waals surface area contributed by atoms with E-state index in [9.17, 15) is 13.2 Å². The van der Waals surface area contributed by atoms with Crippen LogP contribution < -0.4 is 8.92 Å². The van der Waals surface area contributed by atoms with Gasteiger partial charge in [-0.3, -0.25) is 0 Å². The average molecular weight is 436 g/mol. The zero-order chi connectivity index (χ0) is 17.9. The average Bonchev–Trinajstić information content (AvgIpc) is 2.51. The molecule has 0 atom stereocenters. The van der Waals surface area contributed by atoms with Crippen molar-refractivity contribution < 1.29 is 27.2 Å². The van der Waals surface area contributed by atoms with Crippen LogP contribution in [0.4, 0.5) is 0 Å². The van der Waals surface area contributed by atoms with Crippen molar-refractivity contribution in [1.29, 1.82) is 0 Å². The van der Waals surface area contributed by atoms with Crippen molar-refractivity contribution in [3.63, 3.8) is 0 Å². The van der Waals surface area contributed by atoms with Crippen LogP contribution in [0.3, 0.4) is 0 Å². The molecule has 9 heteroatoms. The van der Waals surface area contributed by atoms with Crippen LogP contribution >= 0.6 is 27.5 Å². The molecule has 24 heavy (non-hydrogen) atoms. The lowest BCUT2D eigenvalue weighted by atomic mass is 10.2. The molecule has 2 rings (SSSR count). The molecule has 0 fully saturated rings. The fraction of sp³-hybridized carbons (Fsp3) is 0.133. The zero-order valence-corrected chi connectivity index (χ0v) is 15.5. The number of ether oxygens (including phenoxy) is 1. The molecular formula is C15H12BrClO6S. The molecule has 0 saturated carbocycles. The predicted molar refractivity (Wildman–Crippen MR) is 91.5 cm³/mol. The number of halogens is 2. The number of rotatable bonds is 6. The second-order valence-corrected chi connectivity index (χ2v) is 7.35. The molecule has 0 aliphatic heterocycles. The third-order valence-corrected chi connectivity index (χ3v) is 4.93. The Hall–Kier alpha value is -1.77. The van der Waals surface area contributed by atoms with Gasteiger partial charge in [-0.1, -0.05) is 11.6 Å². The van der Waals surface area contributed by atoms with Gasteiger partial charge in [-0.2, -0.15) is 8.42 Å². The maximum atomic E-state index is 12.4. The summed E-state index contributed by atoms with van der Waals surface area (Å²) in [6, 6.07) is 7.88. The Morgan fingerprint density at radius 3 is 2.42 bits per heavy atom. The molecule has 6 nitrogen and oxygen atoms in total. The number of hydrogen-bond donors (Lipinski definition) is 1. The van der Waals surface area contributed by atoms with Crippen LogP contribution in [0, 0.1) is 0 Å². The first-order valence-electron chi connectivity index (χ1n) is 6.64. The summed E-state index contributed by atoms with van der Waals surface area (Å²) in [6.45, 7) is 1.88. The van der Waals surface area contributed by atoms with Gasteiger partial charge in [0, 0.05) is 5.02 Å². The first kappa shape index (κ1) is 18.6. The van der Waals surface area contributed by atoms with Crippen LogP contribution in [0.2, 0.25) is 5.02 Å². The normalized spacial score (nSPS) is 11.1. The number of carboxylic acids is 1. The summed E-state index contributed by atoms with van der Waals surface area (Å²) in [6.07, 6.45) is 0. The van der Waals surface area contributed by atoms with Crippen LogP contribution in [0.5, 0.6) is 11.5 Å². The highest BCUT2D eigenvalue weighted by atomic mass is 79.9. The van der Waals surface area contributed by atoms with Crippen LogP contribution in [-0.4, -0.2) is 26.1 Å². The lowest BCUT2D eigenvalue weighted by Gasteiger charge is -2.14. The Morgan fingerprint density at radius 2 is 1.88 bits per heavy atom. The van der Waals surface area contributed by atoms with Crippen molar-refractivity contribution in [2.24, 2.45) is 0 Å². The molecule has 0 aliphatic carbocycles. The predicted octanol–water partition coefficient (Wildman–Crippen LogP) is 3.97. The Kier molecular flexibility index (Phi) is 5.74. The number of hydrogen-bond acceptors (Lipinski definition) is 5. The van der Waals surface area contributed by atoms with Gasteiger partial charge < -0.3 is 14.0 Å². The van der Waals surface area contributed by atoms with Crippen molar-refractivity contribution in [1.82, 2.24) is 0 Å². The maximum Gasteiger partial charge on any atom is 0.339 e. The number of aromatic carboxylic acids is 1. The molecule has 128 valence electrons. The van der Waals surface area contributed by atoms with Crippen molar-refractivity contribution in [2.75, 3.05) is 6.61 Å². The fourth-order valence-corrected chi connectivity index (χ4v) is 3.51. The van der Waals surface area contributed by atoms with Crippen molar-refractivity contribution in [3.8, 4) is 11.5 Å². The van der Waals surface area contributed by atoms with Gasteiger partial charge in [-0.05, 0) is 59.3 Å². The molecule has 2 aromatic carbocycles. The molecule has 0 aromatic heterocycles. The zero-order valence-electron chi connectivity index (χ0n) is 12.3. The summed E-state index contributed by atoms with van der Waals surface area (Å²) >= 11 is 8.86. The van der Waals surface area contributed by atoms with Gasteiger partial charge in [0.05, 0.1) is 16.6 Å². The van der Waals surface area contributed by atoms with Gasteiger partial charge in [0.1, 0.15) is 4.90 Å². The molecule has 2 aromatic rings. The van der Waals surface area contributed by atoms with E-state index in [2.05, 4.69) is 15.9 Å². The molecule has 0 amide bonds. The fourth-order valence-electron chi connectivity index (χ4n) is 1.79. The molecule has 0 heterocycles. The minimum absolute atomic E-state index is 0.00168. The lowest BCUT2D eigenvalue weighted by molar-refractivity contribution is 0.0696. The Labute approximate surface area is 152 Å². The van der Waals surface area contributed by atoms with E-state index in [0.717, 1.165) is 0 Å². The van der Waals surface area contributed by atoms with E-state index in [1.54, 1.807) is 6.92 Å². The van der Waals surface area contributed by atoms with Gasteiger partial charge in [0.25, 0.3) is 0 Å². The second-order valence-electron chi connectivity index (χ2n) is 4.51. The van der Waals surface area contributed by atoms with E-state index >= 15 is 0 Å². The Bertz CT molecular complexity index is 864. The quantitative estimate of drug-likeness (QED) is 0.691. The van der Waals surface area contributed by atoms with Crippen LogP contribution in [0.15, 0.2) is 45.8 Å². The standard InChI is InChI=1S/C15H12BrClO6S/c1-2-22-13-8-9(15(18)19)7-12(16)14(13)23-24(20,21)11-5-3-10(17)4-6-11/h3-8H,2H2,1H3,(H,18,19). The minimum atomic E-state index is -4.14. The summed E-state index contributed by atoms with van der Waals surface area (Å²) in [5.41, 5.74) is -0.0680. The molecule has 0 radical (unpaired) electrons. The van der Waals surface area contributed by atoms with Crippen LogP contribution in [0.25, 0.3) is 0 Å². The third kappa shape index (κ3) is 4.19. The van der Waals surface area contributed by atoms with E-state index in [0.29, 0.717) is 5.02 Å². The minimum Gasteiger partial charge on any atom is -0.490 e. The summed E-state index contributed by atoms with van der Waals surface area (Å²) in [5.74, 6) is -1.30. The van der Waals surface area contributed by atoms with Crippen molar-refractivity contribution in [2.45, 2.75) is 11.8 Å². The Morgan fingerprint density at radius 1 is 1.25 bits per heavy atom. The van der Waals surface area contributed by atoms with E-state index in [1.165, 1.54) is 36.4 Å². The number of carboxylic acid groups (broad SMARTS) is 1. The highest BCUT2D eigenvalue weighted by Crippen LogP contribution is 2.38. The highest BCUT2D eigenvalue weighted by molar-refractivity contribution is 9.10. The second kappa shape index (κ2) is 7.42. The molecule has 0 saturated heterocycles. The smallest absolute Gasteiger partial charge is 0.339 e. The molecule has 0 unspecified atom stereocenters. The number of benzene rings is 2. The monoisotopic (exact) mass is 434 g/mol. The first-order valence-corrected chi connectivity index (χ1v) is 9.22. The van der Waals surface area contributed by atoms with Crippen LogP contribution in [0.1, 0.15) is 17.3 Å². The van der Waals surface area contributed by atoms with Crippen LogP contribution in [-0.2, 0) is 10.1 Å². The van der Waals surface area contributed by atoms with Gasteiger partial charge in [-0.15, -0.1) is 0 Å². The van der Waals surface area contributed by atoms with Crippen molar-refractivity contribution >= 4 is 43.6 Å². The van der Waals surface area contributed by atoms with Crippen molar-refractivity contribution in [3.05, 3.63) is 51.5 Å². The van der Waals surface area contributed by atoms with E-state index in [4.69, 9.17) is 25.6 Å². The molecule has 0 bridgehead atoms. The third-order valence-electron chi connectivity index (χ3n) is 2.85. The summed E-state index contributed by atoms with van der Waals surface area (Å²) in [7, 11) is -4.14. The lowest BCUT2D eigenvalue weighted by Crippen LogP contribution is -2.12. The number of carbonyl (C=O) groups is 1. The molecule has 0 aliphatic rings. The first-order chi connectivity index (χ1) is 11.2.